The molecule has 1 atom stereocenters. The van der Waals surface area contributed by atoms with Gasteiger partial charge in [0.2, 0.25) is 0 Å². The van der Waals surface area contributed by atoms with Crippen molar-refractivity contribution in [3.63, 3.8) is 0 Å². The summed E-state index contributed by atoms with van der Waals surface area (Å²) in [5, 5.41) is 9.77. The first-order chi connectivity index (χ1) is 7.77. The third-order valence-corrected chi connectivity index (χ3v) is 4.43. The summed E-state index contributed by atoms with van der Waals surface area (Å²) in [7, 11) is 0. The highest BCUT2D eigenvalue weighted by Crippen LogP contribution is 2.37. The number of rotatable bonds is 0. The molecule has 1 heterocycles. The van der Waals surface area contributed by atoms with Crippen LogP contribution in [0, 0.1) is 0 Å². The van der Waals surface area contributed by atoms with Gasteiger partial charge in [-0.25, -0.2) is 0 Å². The maximum Gasteiger partial charge on any atom is 0.165 e. The zero-order valence-corrected chi connectivity index (χ0v) is 9.33. The second kappa shape index (κ2) is 3.54. The van der Waals surface area contributed by atoms with Crippen LogP contribution in [0.2, 0.25) is 0 Å². The molecule has 2 nitrogen and oxygen atoms in total. The molecule has 16 heavy (non-hydrogen) atoms. The molecule has 0 radical (unpaired) electrons. The Morgan fingerprint density at radius 3 is 2.62 bits per heavy atom. The van der Waals surface area contributed by atoms with Gasteiger partial charge in [-0.05, 0) is 18.2 Å². The number of fused-ring (bicyclic) bond motifs is 2. The van der Waals surface area contributed by atoms with E-state index in [1.165, 1.54) is 0 Å². The summed E-state index contributed by atoms with van der Waals surface area (Å²) in [4.78, 5) is 1.60. The van der Waals surface area contributed by atoms with Crippen LogP contribution in [0.4, 0.5) is 0 Å². The molecule has 0 fully saturated rings. The first-order valence-corrected chi connectivity index (χ1v) is 6.23. The van der Waals surface area contributed by atoms with Crippen molar-refractivity contribution in [2.24, 2.45) is 0 Å². The van der Waals surface area contributed by atoms with Gasteiger partial charge in [-0.1, -0.05) is 24.3 Å². The first kappa shape index (κ1) is 9.75. The Hall–Kier alpha value is -1.45. The van der Waals surface area contributed by atoms with E-state index >= 15 is 0 Å². The summed E-state index contributed by atoms with van der Waals surface area (Å²) in [5.41, 5.74) is 1.83. The monoisotopic (exact) mass is 230 g/mol. The summed E-state index contributed by atoms with van der Waals surface area (Å²) in [5.74, 6) is 0.236. The zero-order valence-electron chi connectivity index (χ0n) is 8.51. The number of hydrogen-bond donors (Lipinski definition) is 1. The summed E-state index contributed by atoms with van der Waals surface area (Å²) < 4.78 is 12.3. The molecule has 3 heteroatoms. The first-order valence-electron chi connectivity index (χ1n) is 5.08. The van der Waals surface area contributed by atoms with Gasteiger partial charge < -0.3 is 9.66 Å². The van der Waals surface area contributed by atoms with Gasteiger partial charge in [-0.15, -0.1) is 0 Å². The van der Waals surface area contributed by atoms with E-state index in [2.05, 4.69) is 0 Å². The zero-order chi connectivity index (χ0) is 11.1. The Morgan fingerprint density at radius 2 is 1.75 bits per heavy atom. The Kier molecular flexibility index (Phi) is 2.16. The minimum absolute atomic E-state index is 0.236. The molecule has 80 valence electrons. The average molecular weight is 230 g/mol. The molecule has 2 aromatic carbocycles. The fourth-order valence-corrected chi connectivity index (χ4v) is 3.47. The van der Waals surface area contributed by atoms with Crippen molar-refractivity contribution in [3.8, 4) is 5.75 Å². The largest absolute Gasteiger partial charge is 0.606 e. The lowest BCUT2D eigenvalue weighted by atomic mass is 10.0. The second-order valence-electron chi connectivity index (χ2n) is 3.81. The normalized spacial score (nSPS) is 17.7. The smallest absolute Gasteiger partial charge is 0.165 e. The van der Waals surface area contributed by atoms with Crippen molar-refractivity contribution in [2.45, 2.75) is 16.2 Å². The lowest BCUT2D eigenvalue weighted by Gasteiger charge is -2.21. The topological polar surface area (TPSA) is 43.3 Å². The van der Waals surface area contributed by atoms with E-state index in [1.54, 1.807) is 12.1 Å². The molecule has 1 aliphatic rings. The van der Waals surface area contributed by atoms with Crippen LogP contribution in [0.15, 0.2) is 52.3 Å². The molecule has 0 aromatic heterocycles. The number of phenolic OH excluding ortho intramolecular Hbond substituents is 1. The van der Waals surface area contributed by atoms with Gasteiger partial charge in [0.1, 0.15) is 5.75 Å². The van der Waals surface area contributed by atoms with Gasteiger partial charge in [-0.2, -0.15) is 0 Å². The van der Waals surface area contributed by atoms with E-state index in [-0.39, 0.29) is 5.75 Å². The standard InChI is InChI=1S/C13H10O2S/c14-11-5-3-7-13-10(11)8-9-4-1-2-6-12(9)16(13)15/h1-7,14H,8H2. The quantitative estimate of drug-likeness (QED) is 0.706. The van der Waals surface area contributed by atoms with Crippen molar-refractivity contribution in [2.75, 3.05) is 0 Å². The highest BCUT2D eigenvalue weighted by molar-refractivity contribution is 7.91. The third kappa shape index (κ3) is 1.32. The van der Waals surface area contributed by atoms with Crippen molar-refractivity contribution in [3.05, 3.63) is 53.6 Å². The fraction of sp³-hybridized carbons (Fsp3) is 0.0769. The van der Waals surface area contributed by atoms with Crippen LogP contribution in [-0.2, 0) is 17.6 Å². The SMILES string of the molecule is [O-][S+]1c2ccccc2Cc2c(O)cccc21. The summed E-state index contributed by atoms with van der Waals surface area (Å²) >= 11 is -1.16. The highest BCUT2D eigenvalue weighted by atomic mass is 32.2. The number of aromatic hydroxyl groups is 1. The van der Waals surface area contributed by atoms with Crippen molar-refractivity contribution >= 4 is 11.2 Å². The lowest BCUT2D eigenvalue weighted by molar-refractivity contribution is 0.465. The molecule has 0 saturated carbocycles. The number of benzene rings is 2. The van der Waals surface area contributed by atoms with E-state index in [0.29, 0.717) is 6.42 Å². The molecular formula is C13H10O2S. The Morgan fingerprint density at radius 1 is 1.00 bits per heavy atom. The number of hydrogen-bond acceptors (Lipinski definition) is 2. The van der Waals surface area contributed by atoms with Crippen LogP contribution in [0.5, 0.6) is 5.75 Å². The van der Waals surface area contributed by atoms with Crippen molar-refractivity contribution < 1.29 is 9.66 Å². The van der Waals surface area contributed by atoms with Crippen LogP contribution in [0.3, 0.4) is 0 Å². The van der Waals surface area contributed by atoms with Crippen LogP contribution >= 0.6 is 0 Å². The maximum atomic E-state index is 12.3. The van der Waals surface area contributed by atoms with Crippen molar-refractivity contribution in [1.29, 1.82) is 0 Å². The van der Waals surface area contributed by atoms with Gasteiger partial charge in [-0.3, -0.25) is 0 Å². The van der Waals surface area contributed by atoms with Gasteiger partial charge in [0.15, 0.2) is 9.79 Å². The summed E-state index contributed by atoms with van der Waals surface area (Å²) in [6, 6.07) is 12.9. The second-order valence-corrected chi connectivity index (χ2v) is 5.22. The van der Waals surface area contributed by atoms with Gasteiger partial charge in [0.05, 0.1) is 5.56 Å². The molecule has 0 saturated heterocycles. The maximum absolute atomic E-state index is 12.3. The van der Waals surface area contributed by atoms with E-state index in [1.807, 2.05) is 30.3 Å². The van der Waals surface area contributed by atoms with E-state index in [0.717, 1.165) is 20.9 Å². The molecule has 1 unspecified atom stereocenters. The predicted molar refractivity (Wildman–Crippen MR) is 62.0 cm³/mol. The molecule has 1 aliphatic heterocycles. The Labute approximate surface area is 96.7 Å². The summed E-state index contributed by atoms with van der Waals surface area (Å²) in [6.45, 7) is 0. The van der Waals surface area contributed by atoms with Gasteiger partial charge in [0, 0.05) is 23.2 Å². The predicted octanol–water partition coefficient (Wildman–Crippen LogP) is 2.46. The fourth-order valence-electron chi connectivity index (χ4n) is 2.05. The van der Waals surface area contributed by atoms with Gasteiger partial charge >= 0.3 is 0 Å². The third-order valence-electron chi connectivity index (χ3n) is 2.85. The minimum atomic E-state index is -1.16. The Bertz CT molecular complexity index is 551. The molecule has 1 N–H and O–H groups in total. The molecule has 0 spiro atoms. The molecule has 2 aromatic rings. The molecule has 3 rings (SSSR count). The van der Waals surface area contributed by atoms with Crippen LogP contribution in [-0.4, -0.2) is 9.66 Å². The molecular weight excluding hydrogens is 220 g/mol. The van der Waals surface area contributed by atoms with Gasteiger partial charge in [0.25, 0.3) is 0 Å². The van der Waals surface area contributed by atoms with E-state index in [9.17, 15) is 9.66 Å². The number of phenols is 1. The molecule has 0 aliphatic carbocycles. The van der Waals surface area contributed by atoms with E-state index < -0.39 is 11.2 Å². The van der Waals surface area contributed by atoms with Crippen LogP contribution in [0.1, 0.15) is 11.1 Å². The Balaban J connectivity index is 2.22. The van der Waals surface area contributed by atoms with E-state index in [4.69, 9.17) is 0 Å². The molecule has 0 amide bonds. The highest BCUT2D eigenvalue weighted by Gasteiger charge is 2.29. The van der Waals surface area contributed by atoms with Crippen molar-refractivity contribution in [1.82, 2.24) is 0 Å². The molecule has 0 bridgehead atoms. The van der Waals surface area contributed by atoms with Crippen LogP contribution < -0.4 is 0 Å². The minimum Gasteiger partial charge on any atom is -0.606 e. The summed E-state index contributed by atoms with van der Waals surface area (Å²) in [6.07, 6.45) is 0.657. The van der Waals surface area contributed by atoms with Crippen LogP contribution in [0.25, 0.3) is 0 Å². The average Bonchev–Trinajstić information content (AvgIpc) is 2.31. The lowest BCUT2D eigenvalue weighted by Crippen LogP contribution is -2.14.